The van der Waals surface area contributed by atoms with Gasteiger partial charge in [0, 0.05) is 37.8 Å². The van der Waals surface area contributed by atoms with Crippen molar-refractivity contribution < 1.29 is 4.92 Å². The first-order valence-corrected chi connectivity index (χ1v) is 7.24. The van der Waals surface area contributed by atoms with Gasteiger partial charge in [0.2, 0.25) is 0 Å². The largest absolute Gasteiger partial charge is 0.363 e. The quantitative estimate of drug-likeness (QED) is 0.471. The highest BCUT2D eigenvalue weighted by Crippen LogP contribution is 2.29. The zero-order valence-electron chi connectivity index (χ0n) is 12.7. The van der Waals surface area contributed by atoms with Gasteiger partial charge in [-0.3, -0.25) is 10.1 Å². The van der Waals surface area contributed by atoms with Gasteiger partial charge in [-0.2, -0.15) is 5.10 Å². The molecule has 2 heterocycles. The van der Waals surface area contributed by atoms with Crippen molar-refractivity contribution in [1.82, 2.24) is 19.8 Å². The molecule has 0 atom stereocenters. The van der Waals surface area contributed by atoms with Crippen molar-refractivity contribution in [2.45, 2.75) is 0 Å². The van der Waals surface area contributed by atoms with Crippen molar-refractivity contribution in [3.8, 4) is 0 Å². The zero-order chi connectivity index (χ0) is 16.2. The third-order valence-corrected chi connectivity index (χ3v) is 3.79. The number of piperazine rings is 1. The molecule has 0 spiro atoms. The normalized spacial score (nSPS) is 16.1. The van der Waals surface area contributed by atoms with E-state index in [1.54, 1.807) is 18.3 Å². The highest BCUT2D eigenvalue weighted by molar-refractivity contribution is 5.83. The van der Waals surface area contributed by atoms with Crippen LogP contribution in [0.1, 0.15) is 5.56 Å². The number of likely N-dealkylation sites (N-methyl/N-ethyl adjacent to an activating group) is 1. The van der Waals surface area contributed by atoms with Crippen molar-refractivity contribution in [3.05, 3.63) is 46.5 Å². The Hall–Kier alpha value is -2.81. The molecule has 0 saturated carbocycles. The van der Waals surface area contributed by atoms with E-state index >= 15 is 0 Å². The first-order chi connectivity index (χ1) is 11.1. The molecule has 0 amide bonds. The third kappa shape index (κ3) is 3.51. The third-order valence-electron chi connectivity index (χ3n) is 3.79. The summed E-state index contributed by atoms with van der Waals surface area (Å²) >= 11 is 0. The Bertz CT molecular complexity index is 706. The number of hydrogen-bond acceptors (Lipinski definition) is 7. The lowest BCUT2D eigenvalue weighted by Gasteiger charge is -2.33. The SMILES string of the molecule is CN1CCN(c2ccc(C=Nn3cnnc3)cc2[N+](=O)[O-])CC1. The van der Waals surface area contributed by atoms with Gasteiger partial charge in [0.05, 0.1) is 11.1 Å². The monoisotopic (exact) mass is 315 g/mol. The van der Waals surface area contributed by atoms with Crippen LogP contribution in [0, 0.1) is 10.1 Å². The molecule has 1 saturated heterocycles. The molecule has 0 N–H and O–H groups in total. The first-order valence-electron chi connectivity index (χ1n) is 7.24. The van der Waals surface area contributed by atoms with Gasteiger partial charge in [-0.05, 0) is 13.1 Å². The summed E-state index contributed by atoms with van der Waals surface area (Å²) in [6.07, 6.45) is 4.44. The van der Waals surface area contributed by atoms with E-state index in [0.29, 0.717) is 11.3 Å². The van der Waals surface area contributed by atoms with Crippen LogP contribution in [-0.2, 0) is 0 Å². The first kappa shape index (κ1) is 15.1. The molecule has 0 radical (unpaired) electrons. The predicted octanol–water partition coefficient (Wildman–Crippen LogP) is 0.820. The molecule has 0 unspecified atom stereocenters. The summed E-state index contributed by atoms with van der Waals surface area (Å²) in [6.45, 7) is 3.36. The van der Waals surface area contributed by atoms with Crippen LogP contribution in [0.5, 0.6) is 0 Å². The highest BCUT2D eigenvalue weighted by atomic mass is 16.6. The lowest BCUT2D eigenvalue weighted by atomic mass is 10.1. The minimum absolute atomic E-state index is 0.0993. The number of nitro groups is 1. The summed E-state index contributed by atoms with van der Waals surface area (Å²) in [4.78, 5) is 15.3. The summed E-state index contributed by atoms with van der Waals surface area (Å²) in [5.41, 5.74) is 1.41. The molecule has 1 aromatic heterocycles. The molecule has 120 valence electrons. The van der Waals surface area contributed by atoms with Crippen LogP contribution in [0.3, 0.4) is 0 Å². The van der Waals surface area contributed by atoms with Crippen molar-refractivity contribution in [1.29, 1.82) is 0 Å². The maximum atomic E-state index is 11.4. The lowest BCUT2D eigenvalue weighted by molar-refractivity contribution is -0.384. The van der Waals surface area contributed by atoms with Gasteiger partial charge >= 0.3 is 0 Å². The average Bonchev–Trinajstić information content (AvgIpc) is 3.07. The summed E-state index contributed by atoms with van der Waals surface area (Å²) in [7, 11) is 2.05. The van der Waals surface area contributed by atoms with Crippen molar-refractivity contribution in [2.24, 2.45) is 5.10 Å². The number of anilines is 1. The number of benzene rings is 1. The van der Waals surface area contributed by atoms with E-state index in [4.69, 9.17) is 0 Å². The predicted molar refractivity (Wildman–Crippen MR) is 85.8 cm³/mol. The van der Waals surface area contributed by atoms with E-state index in [-0.39, 0.29) is 10.6 Å². The second-order valence-corrected chi connectivity index (χ2v) is 5.38. The Balaban J connectivity index is 1.85. The summed E-state index contributed by atoms with van der Waals surface area (Å²) in [5, 5.41) is 22.8. The molecule has 2 aromatic rings. The molecule has 9 heteroatoms. The molecule has 1 aromatic carbocycles. The number of rotatable bonds is 4. The topological polar surface area (TPSA) is 92.7 Å². The average molecular weight is 315 g/mol. The summed E-state index contributed by atoms with van der Waals surface area (Å²) in [5.74, 6) is 0. The zero-order valence-corrected chi connectivity index (χ0v) is 12.7. The van der Waals surface area contributed by atoms with Gasteiger partial charge < -0.3 is 9.80 Å². The Kier molecular flexibility index (Phi) is 4.29. The second-order valence-electron chi connectivity index (χ2n) is 5.38. The number of nitrogens with zero attached hydrogens (tertiary/aromatic N) is 7. The van der Waals surface area contributed by atoms with Gasteiger partial charge in [-0.1, -0.05) is 6.07 Å². The molecule has 0 bridgehead atoms. The van der Waals surface area contributed by atoms with Gasteiger partial charge in [0.15, 0.2) is 0 Å². The Morgan fingerprint density at radius 1 is 1.22 bits per heavy atom. The summed E-state index contributed by atoms with van der Waals surface area (Å²) in [6, 6.07) is 5.16. The van der Waals surface area contributed by atoms with E-state index in [9.17, 15) is 10.1 Å². The van der Waals surface area contributed by atoms with Gasteiger partial charge in [-0.15, -0.1) is 10.2 Å². The van der Waals surface area contributed by atoms with Gasteiger partial charge in [0.25, 0.3) is 5.69 Å². The summed E-state index contributed by atoms with van der Waals surface area (Å²) < 4.78 is 1.43. The number of hydrogen-bond donors (Lipinski definition) is 0. The molecule has 9 nitrogen and oxygen atoms in total. The Labute approximate surface area is 133 Å². The van der Waals surface area contributed by atoms with Crippen molar-refractivity contribution in [3.63, 3.8) is 0 Å². The lowest BCUT2D eigenvalue weighted by Crippen LogP contribution is -2.44. The van der Waals surface area contributed by atoms with E-state index in [1.807, 2.05) is 6.07 Å². The fourth-order valence-electron chi connectivity index (χ4n) is 2.47. The van der Waals surface area contributed by atoms with Crippen LogP contribution in [0.2, 0.25) is 0 Å². The van der Waals surface area contributed by atoms with E-state index in [2.05, 4.69) is 32.1 Å². The molecule has 1 aliphatic rings. The Morgan fingerprint density at radius 2 is 1.91 bits per heavy atom. The van der Waals surface area contributed by atoms with Crippen LogP contribution in [0.4, 0.5) is 11.4 Å². The molecular formula is C14H17N7O2. The van der Waals surface area contributed by atoms with E-state index in [1.165, 1.54) is 17.3 Å². The van der Waals surface area contributed by atoms with Crippen LogP contribution >= 0.6 is 0 Å². The van der Waals surface area contributed by atoms with E-state index < -0.39 is 0 Å². The second kappa shape index (κ2) is 6.53. The maximum absolute atomic E-state index is 11.4. The fraction of sp³-hybridized carbons (Fsp3) is 0.357. The number of aromatic nitrogens is 3. The van der Waals surface area contributed by atoms with Crippen molar-refractivity contribution >= 4 is 17.6 Å². The minimum Gasteiger partial charge on any atom is -0.363 e. The van der Waals surface area contributed by atoms with E-state index in [0.717, 1.165) is 26.2 Å². The van der Waals surface area contributed by atoms with Gasteiger partial charge in [0.1, 0.15) is 18.3 Å². The van der Waals surface area contributed by atoms with Gasteiger partial charge in [-0.25, -0.2) is 4.68 Å². The smallest absolute Gasteiger partial charge is 0.293 e. The van der Waals surface area contributed by atoms with Crippen LogP contribution in [0.15, 0.2) is 36.0 Å². The molecule has 23 heavy (non-hydrogen) atoms. The van der Waals surface area contributed by atoms with Crippen molar-refractivity contribution in [2.75, 3.05) is 38.1 Å². The highest BCUT2D eigenvalue weighted by Gasteiger charge is 2.22. The molecule has 1 aliphatic heterocycles. The number of nitro benzene ring substituents is 1. The molecule has 3 rings (SSSR count). The molecular weight excluding hydrogens is 298 g/mol. The molecule has 0 aliphatic carbocycles. The van der Waals surface area contributed by atoms with Crippen LogP contribution < -0.4 is 4.90 Å². The van der Waals surface area contributed by atoms with Crippen LogP contribution in [0.25, 0.3) is 0 Å². The Morgan fingerprint density at radius 3 is 2.57 bits per heavy atom. The fourth-order valence-corrected chi connectivity index (χ4v) is 2.47. The minimum atomic E-state index is -0.343. The molecule has 1 fully saturated rings. The standard InChI is InChI=1S/C14H17N7O2/c1-18-4-6-19(7-5-18)13-3-2-12(8-14(13)21(22)23)9-17-20-10-15-16-11-20/h2-3,8-11H,4-7H2,1H3. The van der Waals surface area contributed by atoms with Crippen LogP contribution in [-0.4, -0.2) is 64.1 Å². The maximum Gasteiger partial charge on any atom is 0.293 e.